The van der Waals surface area contributed by atoms with Crippen LogP contribution in [0.2, 0.25) is 0 Å². The second-order valence-electron chi connectivity index (χ2n) is 5.65. The molecule has 0 bridgehead atoms. The number of aliphatic hydroxyl groups excluding tert-OH is 3. The Bertz CT molecular complexity index is 724. The average molecular weight is 336 g/mol. The maximum Gasteiger partial charge on any atom is 0.351 e. The number of allylic oxidation sites excluding steroid dienone is 1. The molecule has 1 aromatic rings. The minimum atomic E-state index is -1.39. The fourth-order valence-electron chi connectivity index (χ4n) is 2.49. The number of hydrogen-bond acceptors (Lipinski definition) is 8. The van der Waals surface area contributed by atoms with Gasteiger partial charge in [0.1, 0.15) is 24.1 Å². The summed E-state index contributed by atoms with van der Waals surface area (Å²) >= 11 is 0. The lowest BCUT2D eigenvalue weighted by Crippen LogP contribution is -2.36. The second-order valence-corrected chi connectivity index (χ2v) is 5.65. The third-order valence-electron chi connectivity index (χ3n) is 3.84. The van der Waals surface area contributed by atoms with Crippen molar-refractivity contribution in [2.45, 2.75) is 44.3 Å². The molecule has 24 heavy (non-hydrogen) atoms. The van der Waals surface area contributed by atoms with Gasteiger partial charge in [-0.2, -0.15) is 10.2 Å². The SMILES string of the molecule is CC(=Cc1cn([C@@H]2O[C@H](CO)C(O)C2O)c(=O)nc1N)CCC#N. The van der Waals surface area contributed by atoms with Crippen LogP contribution >= 0.6 is 0 Å². The van der Waals surface area contributed by atoms with E-state index >= 15 is 0 Å². The Labute approximate surface area is 138 Å². The zero-order chi connectivity index (χ0) is 17.9. The molecular weight excluding hydrogens is 316 g/mol. The van der Waals surface area contributed by atoms with Crippen LogP contribution in [0.5, 0.6) is 0 Å². The minimum Gasteiger partial charge on any atom is -0.394 e. The normalized spacial score (nSPS) is 27.2. The van der Waals surface area contributed by atoms with Crippen molar-refractivity contribution < 1.29 is 20.1 Å². The standard InChI is InChI=1S/C15H20N4O5/c1-8(3-2-4-16)5-9-6-19(15(23)18-13(9)17)14-12(22)11(21)10(7-20)24-14/h5-6,10-12,14,20-22H,2-3,7H2,1H3,(H2,17,18,23)/t10-,11?,12?,14-/m1/s1. The second kappa shape index (κ2) is 7.55. The van der Waals surface area contributed by atoms with Crippen molar-refractivity contribution in [1.29, 1.82) is 5.26 Å². The van der Waals surface area contributed by atoms with E-state index in [2.05, 4.69) is 4.98 Å². The number of nitrogens with two attached hydrogens (primary N) is 1. The zero-order valence-electron chi connectivity index (χ0n) is 13.2. The molecule has 2 rings (SSSR count). The van der Waals surface area contributed by atoms with E-state index in [1.165, 1.54) is 6.20 Å². The molecule has 2 heterocycles. The van der Waals surface area contributed by atoms with Crippen LogP contribution in [0.15, 0.2) is 16.6 Å². The van der Waals surface area contributed by atoms with E-state index in [1.54, 1.807) is 6.08 Å². The number of rotatable bonds is 5. The van der Waals surface area contributed by atoms with Gasteiger partial charge in [-0.05, 0) is 13.3 Å². The highest BCUT2D eigenvalue weighted by atomic mass is 16.6. The highest BCUT2D eigenvalue weighted by molar-refractivity contribution is 5.61. The van der Waals surface area contributed by atoms with Crippen LogP contribution in [0.4, 0.5) is 5.82 Å². The molecule has 9 heteroatoms. The van der Waals surface area contributed by atoms with Gasteiger partial charge in [0, 0.05) is 18.2 Å². The zero-order valence-corrected chi connectivity index (χ0v) is 13.2. The van der Waals surface area contributed by atoms with Crippen molar-refractivity contribution >= 4 is 11.9 Å². The number of hydrogen-bond donors (Lipinski definition) is 4. The number of nitrogen functional groups attached to an aromatic ring is 1. The fraction of sp³-hybridized carbons (Fsp3) is 0.533. The third kappa shape index (κ3) is 3.63. The number of aromatic nitrogens is 2. The van der Waals surface area contributed by atoms with E-state index in [1.807, 2.05) is 13.0 Å². The van der Waals surface area contributed by atoms with Crippen molar-refractivity contribution in [3.63, 3.8) is 0 Å². The molecule has 0 amide bonds. The van der Waals surface area contributed by atoms with Crippen molar-refractivity contribution in [2.75, 3.05) is 12.3 Å². The first-order valence-corrected chi connectivity index (χ1v) is 7.44. The molecule has 1 aromatic heterocycles. The quantitative estimate of drug-likeness (QED) is 0.541. The van der Waals surface area contributed by atoms with Crippen LogP contribution in [0.25, 0.3) is 6.08 Å². The molecule has 4 atom stereocenters. The van der Waals surface area contributed by atoms with Crippen molar-refractivity contribution in [3.05, 3.63) is 27.8 Å². The first-order valence-electron chi connectivity index (χ1n) is 7.44. The van der Waals surface area contributed by atoms with Crippen LogP contribution in [0.3, 0.4) is 0 Å². The number of nitriles is 1. The molecule has 5 N–H and O–H groups in total. The van der Waals surface area contributed by atoms with E-state index < -0.39 is 36.8 Å². The molecule has 0 aliphatic carbocycles. The first-order chi connectivity index (χ1) is 11.4. The molecule has 130 valence electrons. The van der Waals surface area contributed by atoms with E-state index in [9.17, 15) is 15.0 Å². The Morgan fingerprint density at radius 2 is 2.25 bits per heavy atom. The largest absolute Gasteiger partial charge is 0.394 e. The van der Waals surface area contributed by atoms with Gasteiger partial charge in [0.15, 0.2) is 6.23 Å². The Balaban J connectivity index is 2.37. The summed E-state index contributed by atoms with van der Waals surface area (Å²) in [6, 6.07) is 2.04. The summed E-state index contributed by atoms with van der Waals surface area (Å²) < 4.78 is 6.37. The number of nitrogens with zero attached hydrogens (tertiary/aromatic N) is 3. The molecule has 1 aliphatic heterocycles. The highest BCUT2D eigenvalue weighted by Crippen LogP contribution is 2.28. The van der Waals surface area contributed by atoms with Gasteiger partial charge in [0.25, 0.3) is 0 Å². The lowest BCUT2D eigenvalue weighted by Gasteiger charge is -2.18. The summed E-state index contributed by atoms with van der Waals surface area (Å²) in [6.07, 6.45) is -0.914. The Morgan fingerprint density at radius 1 is 1.54 bits per heavy atom. The molecule has 0 radical (unpaired) electrons. The van der Waals surface area contributed by atoms with E-state index in [0.29, 0.717) is 18.4 Å². The predicted octanol–water partition coefficient (Wildman–Crippen LogP) is -0.856. The summed E-state index contributed by atoms with van der Waals surface area (Å²) in [5, 5.41) is 37.6. The molecule has 0 aromatic carbocycles. The Hall–Kier alpha value is -2.25. The topological polar surface area (TPSA) is 155 Å². The van der Waals surface area contributed by atoms with Crippen LogP contribution < -0.4 is 11.4 Å². The average Bonchev–Trinajstić information content (AvgIpc) is 2.83. The minimum absolute atomic E-state index is 0.0132. The van der Waals surface area contributed by atoms with Crippen LogP contribution in [-0.4, -0.2) is 49.8 Å². The van der Waals surface area contributed by atoms with Crippen LogP contribution in [0.1, 0.15) is 31.6 Å². The molecular formula is C15H20N4O5. The van der Waals surface area contributed by atoms with E-state index in [0.717, 1.165) is 10.1 Å². The summed E-state index contributed by atoms with van der Waals surface area (Å²) in [4.78, 5) is 15.8. The van der Waals surface area contributed by atoms with Gasteiger partial charge in [-0.15, -0.1) is 0 Å². The number of ether oxygens (including phenoxy) is 1. The van der Waals surface area contributed by atoms with Crippen molar-refractivity contribution in [3.8, 4) is 6.07 Å². The van der Waals surface area contributed by atoms with Gasteiger partial charge in [-0.1, -0.05) is 11.6 Å². The lowest BCUT2D eigenvalue weighted by molar-refractivity contribution is -0.0549. The fourth-order valence-corrected chi connectivity index (χ4v) is 2.49. The van der Waals surface area contributed by atoms with E-state index in [-0.39, 0.29) is 5.82 Å². The van der Waals surface area contributed by atoms with Gasteiger partial charge in [0.05, 0.1) is 12.7 Å². The monoisotopic (exact) mass is 336 g/mol. The van der Waals surface area contributed by atoms with Crippen molar-refractivity contribution in [2.24, 2.45) is 0 Å². The van der Waals surface area contributed by atoms with Gasteiger partial charge in [0.2, 0.25) is 0 Å². The van der Waals surface area contributed by atoms with Gasteiger partial charge < -0.3 is 25.8 Å². The molecule has 1 aliphatic rings. The van der Waals surface area contributed by atoms with Gasteiger partial charge >= 0.3 is 5.69 Å². The van der Waals surface area contributed by atoms with E-state index in [4.69, 9.17) is 20.8 Å². The molecule has 0 spiro atoms. The van der Waals surface area contributed by atoms with Gasteiger partial charge in [-0.3, -0.25) is 4.57 Å². The molecule has 1 saturated heterocycles. The van der Waals surface area contributed by atoms with Crippen LogP contribution in [0, 0.1) is 11.3 Å². The Kier molecular flexibility index (Phi) is 5.69. The predicted molar refractivity (Wildman–Crippen MR) is 84.4 cm³/mol. The summed E-state index contributed by atoms with van der Waals surface area (Å²) in [5.41, 5.74) is 6.32. The third-order valence-corrected chi connectivity index (χ3v) is 3.84. The van der Waals surface area contributed by atoms with Crippen molar-refractivity contribution in [1.82, 2.24) is 9.55 Å². The summed E-state index contributed by atoms with van der Waals surface area (Å²) in [7, 11) is 0. The Morgan fingerprint density at radius 3 is 2.83 bits per heavy atom. The van der Waals surface area contributed by atoms with Gasteiger partial charge in [-0.25, -0.2) is 4.79 Å². The first kappa shape index (κ1) is 18.1. The van der Waals surface area contributed by atoms with Crippen LogP contribution in [-0.2, 0) is 4.74 Å². The molecule has 9 nitrogen and oxygen atoms in total. The highest BCUT2D eigenvalue weighted by Gasteiger charge is 2.43. The molecule has 2 unspecified atom stereocenters. The maximum atomic E-state index is 12.1. The summed E-state index contributed by atoms with van der Waals surface area (Å²) in [6.45, 7) is 1.32. The summed E-state index contributed by atoms with van der Waals surface area (Å²) in [5.74, 6) is 0.0132. The number of aliphatic hydroxyl groups is 3. The smallest absolute Gasteiger partial charge is 0.351 e. The lowest BCUT2D eigenvalue weighted by atomic mass is 10.1. The maximum absolute atomic E-state index is 12.1. The molecule has 0 saturated carbocycles. The number of anilines is 1. The molecule has 1 fully saturated rings.